The smallest absolute Gasteiger partial charge is 0.233 e. The van der Waals surface area contributed by atoms with E-state index >= 15 is 0 Å². The summed E-state index contributed by atoms with van der Waals surface area (Å²) >= 11 is 7.87. The fourth-order valence-corrected chi connectivity index (χ4v) is 4.43. The van der Waals surface area contributed by atoms with Gasteiger partial charge in [0, 0.05) is 13.1 Å². The van der Waals surface area contributed by atoms with Crippen molar-refractivity contribution >= 4 is 41.2 Å². The number of amides is 1. The molecule has 0 bridgehead atoms. The zero-order valence-electron chi connectivity index (χ0n) is 11.2. The van der Waals surface area contributed by atoms with Crippen LogP contribution in [-0.2, 0) is 4.79 Å². The van der Waals surface area contributed by atoms with Crippen molar-refractivity contribution < 1.29 is 4.79 Å². The van der Waals surface area contributed by atoms with Crippen molar-refractivity contribution in [2.45, 2.75) is 31.0 Å². The normalized spacial score (nSPS) is 24.2. The van der Waals surface area contributed by atoms with E-state index in [-0.39, 0.29) is 5.91 Å². The number of rotatable bonds is 3. The second kappa shape index (κ2) is 6.85. The number of carbonyl (C=O) groups excluding carboxylic acids is 1. The molecule has 1 aliphatic heterocycles. The minimum atomic E-state index is 0.215. The first-order valence-corrected chi connectivity index (χ1v) is 8.71. The Bertz CT molecular complexity index is 485. The lowest BCUT2D eigenvalue weighted by molar-refractivity contribution is -0.128. The number of nitrogens with one attached hydrogen (secondary N) is 1. The Morgan fingerprint density at radius 1 is 1.58 bits per heavy atom. The van der Waals surface area contributed by atoms with Gasteiger partial charge >= 0.3 is 0 Å². The second-order valence-electron chi connectivity index (χ2n) is 5.24. The number of hydrogen-bond donors (Lipinski definition) is 1. The molecule has 4 nitrogen and oxygen atoms in total. The second-order valence-corrected chi connectivity index (χ2v) is 8.13. The molecule has 0 aliphatic carbocycles. The lowest BCUT2D eigenvalue weighted by atomic mass is 9.97. The third-order valence-electron chi connectivity index (χ3n) is 3.32. The van der Waals surface area contributed by atoms with Crippen molar-refractivity contribution in [3.8, 4) is 0 Å². The third kappa shape index (κ3) is 4.57. The maximum absolute atomic E-state index is 12.2. The molecule has 1 saturated heterocycles. The van der Waals surface area contributed by atoms with Gasteiger partial charge in [-0.15, -0.1) is 0 Å². The molecule has 1 aromatic heterocycles. The van der Waals surface area contributed by atoms with Crippen molar-refractivity contribution in [2.75, 3.05) is 18.8 Å². The van der Waals surface area contributed by atoms with Gasteiger partial charge in [-0.2, -0.15) is 5.10 Å². The fraction of sp³-hybridized carbons (Fsp3) is 0.750. The number of hydrogen-bond acceptors (Lipinski definition) is 5. The molecule has 1 fully saturated rings. The summed E-state index contributed by atoms with van der Waals surface area (Å²) in [6.45, 7) is 6.28. The van der Waals surface area contributed by atoms with Crippen LogP contribution >= 0.6 is 35.3 Å². The van der Waals surface area contributed by atoms with Crippen LogP contribution < -0.4 is 0 Å². The van der Waals surface area contributed by atoms with Crippen LogP contribution in [0.2, 0.25) is 0 Å². The average Bonchev–Trinajstić information content (AvgIpc) is 2.68. The fourth-order valence-electron chi connectivity index (χ4n) is 2.44. The van der Waals surface area contributed by atoms with Gasteiger partial charge in [-0.05, 0) is 36.9 Å². The summed E-state index contributed by atoms with van der Waals surface area (Å²) in [5, 5.41) is 6.79. The molecule has 0 spiro atoms. The first-order chi connectivity index (χ1) is 9.04. The van der Waals surface area contributed by atoms with Crippen molar-refractivity contribution in [1.29, 1.82) is 0 Å². The van der Waals surface area contributed by atoms with E-state index in [1.807, 2.05) is 4.90 Å². The van der Waals surface area contributed by atoms with E-state index in [1.54, 1.807) is 0 Å². The quantitative estimate of drug-likeness (QED) is 0.687. The largest absolute Gasteiger partial charge is 0.342 e. The third-order valence-corrected chi connectivity index (χ3v) is 5.54. The lowest BCUT2D eigenvalue weighted by Crippen LogP contribution is -2.35. The van der Waals surface area contributed by atoms with Crippen LogP contribution in [0.3, 0.4) is 0 Å². The van der Waals surface area contributed by atoms with Gasteiger partial charge in [-0.25, -0.2) is 0 Å². The Kier molecular flexibility index (Phi) is 5.41. The first-order valence-electron chi connectivity index (χ1n) is 6.50. The lowest BCUT2D eigenvalue weighted by Gasteiger charge is -2.22. The number of nitrogens with zero attached hydrogens (tertiary/aromatic N) is 2. The van der Waals surface area contributed by atoms with E-state index in [2.05, 4.69) is 24.0 Å². The minimum Gasteiger partial charge on any atom is -0.342 e. The Morgan fingerprint density at radius 3 is 3.05 bits per heavy atom. The molecular formula is C12H19N3OS3. The molecule has 0 unspecified atom stereocenters. The molecule has 19 heavy (non-hydrogen) atoms. The molecule has 1 N–H and O–H groups in total. The van der Waals surface area contributed by atoms with Crippen LogP contribution in [0.4, 0.5) is 0 Å². The molecule has 1 amide bonds. The minimum absolute atomic E-state index is 0.215. The average molecular weight is 318 g/mol. The number of H-pyrrole nitrogens is 1. The Balaban J connectivity index is 1.86. The molecule has 2 heterocycles. The molecule has 1 aliphatic rings. The molecule has 7 heteroatoms. The molecule has 1 aromatic rings. The van der Waals surface area contributed by atoms with Gasteiger partial charge in [0.25, 0.3) is 0 Å². The molecule has 0 saturated carbocycles. The standard InChI is InChI=1S/C12H19N3OS3/c1-8-3-4-15(6-9(2)5-8)10(16)7-18-12-14-13-11(17)19-12/h8-9H,3-7H2,1-2H3,(H,13,17)/t8-,9+/m0/s1. The number of aromatic nitrogens is 2. The van der Waals surface area contributed by atoms with Crippen molar-refractivity contribution in [3.05, 3.63) is 3.95 Å². The molecule has 0 aromatic carbocycles. The summed E-state index contributed by atoms with van der Waals surface area (Å²) in [4.78, 5) is 14.2. The van der Waals surface area contributed by atoms with Crippen molar-refractivity contribution in [1.82, 2.24) is 15.1 Å². The Labute approximate surface area is 127 Å². The number of thioether (sulfide) groups is 1. The van der Waals surface area contributed by atoms with Crippen LogP contribution in [0.1, 0.15) is 26.7 Å². The first kappa shape index (κ1) is 15.0. The van der Waals surface area contributed by atoms with E-state index in [0.29, 0.717) is 15.6 Å². The predicted molar refractivity (Wildman–Crippen MR) is 82.2 cm³/mol. The molecular weight excluding hydrogens is 298 g/mol. The van der Waals surface area contributed by atoms with Crippen LogP contribution in [0, 0.1) is 15.8 Å². The predicted octanol–water partition coefficient (Wildman–Crippen LogP) is 3.19. The number of carbonyl (C=O) groups is 1. The van der Waals surface area contributed by atoms with E-state index < -0.39 is 0 Å². The summed E-state index contributed by atoms with van der Waals surface area (Å²) in [6.07, 6.45) is 2.33. The highest BCUT2D eigenvalue weighted by molar-refractivity contribution is 8.01. The van der Waals surface area contributed by atoms with Crippen molar-refractivity contribution in [2.24, 2.45) is 11.8 Å². The zero-order chi connectivity index (χ0) is 13.8. The highest BCUT2D eigenvalue weighted by Gasteiger charge is 2.22. The summed E-state index contributed by atoms with van der Waals surface area (Å²) in [5.74, 6) is 1.99. The SMILES string of the molecule is C[C@@H]1C[C@@H](C)CCN(C(=O)CSc2n[nH]c(=S)s2)C1. The molecule has 0 radical (unpaired) electrons. The van der Waals surface area contributed by atoms with Gasteiger partial charge in [-0.1, -0.05) is 36.9 Å². The van der Waals surface area contributed by atoms with E-state index in [1.165, 1.54) is 29.5 Å². The highest BCUT2D eigenvalue weighted by Crippen LogP contribution is 2.24. The summed E-state index contributed by atoms with van der Waals surface area (Å²) in [7, 11) is 0. The monoisotopic (exact) mass is 317 g/mol. The molecule has 106 valence electrons. The van der Waals surface area contributed by atoms with E-state index in [9.17, 15) is 4.79 Å². The van der Waals surface area contributed by atoms with Crippen molar-refractivity contribution in [3.63, 3.8) is 0 Å². The van der Waals surface area contributed by atoms with Gasteiger partial charge < -0.3 is 4.90 Å². The Hall–Kier alpha value is -0.400. The molecule has 2 rings (SSSR count). The summed E-state index contributed by atoms with van der Waals surface area (Å²) < 4.78 is 1.50. The van der Waals surface area contributed by atoms with E-state index in [0.717, 1.165) is 29.8 Å². The van der Waals surface area contributed by atoms with Crippen LogP contribution in [0.5, 0.6) is 0 Å². The van der Waals surface area contributed by atoms with Gasteiger partial charge in [-0.3, -0.25) is 9.89 Å². The molecule has 2 atom stereocenters. The highest BCUT2D eigenvalue weighted by atomic mass is 32.2. The number of aromatic amines is 1. The van der Waals surface area contributed by atoms with Crippen LogP contribution in [0.25, 0.3) is 0 Å². The van der Waals surface area contributed by atoms with E-state index in [4.69, 9.17) is 12.2 Å². The van der Waals surface area contributed by atoms with Gasteiger partial charge in [0.15, 0.2) is 8.29 Å². The Morgan fingerprint density at radius 2 is 2.37 bits per heavy atom. The van der Waals surface area contributed by atoms with Crippen LogP contribution in [0.15, 0.2) is 4.34 Å². The summed E-state index contributed by atoms with van der Waals surface area (Å²) in [5.41, 5.74) is 0. The van der Waals surface area contributed by atoms with Gasteiger partial charge in [0.2, 0.25) is 5.91 Å². The zero-order valence-corrected chi connectivity index (χ0v) is 13.7. The summed E-state index contributed by atoms with van der Waals surface area (Å²) in [6, 6.07) is 0. The maximum Gasteiger partial charge on any atom is 0.233 e. The number of likely N-dealkylation sites (tertiary alicyclic amines) is 1. The van der Waals surface area contributed by atoms with Gasteiger partial charge in [0.1, 0.15) is 0 Å². The topological polar surface area (TPSA) is 49.0 Å². The maximum atomic E-state index is 12.2. The van der Waals surface area contributed by atoms with Gasteiger partial charge in [0.05, 0.1) is 5.75 Å². The van der Waals surface area contributed by atoms with Crippen LogP contribution in [-0.4, -0.2) is 39.8 Å².